The fourth-order valence-corrected chi connectivity index (χ4v) is 3.53. The SMILES string of the molecule is CCn1nc(C)c(CN(C)C(=O)c2ccc(COc3ccc(Cl)c(C)c3)cc2)c1C. The van der Waals surface area contributed by atoms with Crippen molar-refractivity contribution in [3.8, 4) is 5.75 Å². The molecule has 1 heterocycles. The lowest BCUT2D eigenvalue weighted by Gasteiger charge is -2.18. The van der Waals surface area contributed by atoms with Crippen LogP contribution in [-0.2, 0) is 19.7 Å². The van der Waals surface area contributed by atoms with Crippen molar-refractivity contribution < 1.29 is 9.53 Å². The molecule has 30 heavy (non-hydrogen) atoms. The first-order valence-electron chi connectivity index (χ1n) is 10.1. The highest BCUT2D eigenvalue weighted by Crippen LogP contribution is 2.22. The summed E-state index contributed by atoms with van der Waals surface area (Å²) in [6, 6.07) is 13.1. The maximum absolute atomic E-state index is 12.9. The van der Waals surface area contributed by atoms with E-state index in [0.29, 0.717) is 18.7 Å². The number of hydrogen-bond donors (Lipinski definition) is 0. The topological polar surface area (TPSA) is 47.4 Å². The van der Waals surface area contributed by atoms with Crippen LogP contribution in [0.25, 0.3) is 0 Å². The zero-order valence-electron chi connectivity index (χ0n) is 18.2. The van der Waals surface area contributed by atoms with E-state index in [1.165, 1.54) is 0 Å². The number of ether oxygens (including phenoxy) is 1. The molecule has 2 aromatic carbocycles. The standard InChI is InChI=1S/C24H28ClN3O2/c1-6-28-18(4)22(17(3)26-28)14-27(5)24(29)20-9-7-19(8-10-20)15-30-21-11-12-23(25)16(2)13-21/h7-13H,6,14-15H2,1-5H3. The van der Waals surface area contributed by atoms with E-state index < -0.39 is 0 Å². The maximum atomic E-state index is 12.9. The second kappa shape index (κ2) is 9.35. The Morgan fingerprint density at radius 3 is 2.43 bits per heavy atom. The molecule has 5 nitrogen and oxygen atoms in total. The van der Waals surface area contributed by atoms with Crippen molar-refractivity contribution in [2.45, 2.75) is 47.4 Å². The molecule has 1 amide bonds. The maximum Gasteiger partial charge on any atom is 0.253 e. The van der Waals surface area contributed by atoms with Crippen LogP contribution in [-0.4, -0.2) is 27.6 Å². The molecule has 6 heteroatoms. The fourth-order valence-electron chi connectivity index (χ4n) is 3.42. The molecule has 0 atom stereocenters. The Hall–Kier alpha value is -2.79. The van der Waals surface area contributed by atoms with Crippen molar-refractivity contribution in [3.63, 3.8) is 0 Å². The Kier molecular flexibility index (Phi) is 6.83. The number of aryl methyl sites for hydroxylation is 3. The van der Waals surface area contributed by atoms with E-state index in [-0.39, 0.29) is 5.91 Å². The molecule has 0 aliphatic heterocycles. The summed E-state index contributed by atoms with van der Waals surface area (Å²) < 4.78 is 7.80. The van der Waals surface area contributed by atoms with Crippen LogP contribution in [0.2, 0.25) is 5.02 Å². The summed E-state index contributed by atoms with van der Waals surface area (Å²) >= 11 is 6.05. The van der Waals surface area contributed by atoms with E-state index in [1.807, 2.05) is 75.0 Å². The van der Waals surface area contributed by atoms with E-state index in [1.54, 1.807) is 4.90 Å². The molecule has 0 radical (unpaired) electrons. The largest absolute Gasteiger partial charge is 0.489 e. The summed E-state index contributed by atoms with van der Waals surface area (Å²) in [5, 5.41) is 5.26. The summed E-state index contributed by atoms with van der Waals surface area (Å²) in [6.07, 6.45) is 0. The molecule has 0 spiro atoms. The molecular weight excluding hydrogens is 398 g/mol. The number of halogens is 1. The average molecular weight is 426 g/mol. The fraction of sp³-hybridized carbons (Fsp3) is 0.333. The number of aromatic nitrogens is 2. The van der Waals surface area contributed by atoms with Gasteiger partial charge in [0, 0.05) is 42.0 Å². The van der Waals surface area contributed by atoms with Gasteiger partial charge in [0.1, 0.15) is 12.4 Å². The number of amides is 1. The second-order valence-electron chi connectivity index (χ2n) is 7.52. The molecule has 3 rings (SSSR count). The molecule has 0 bridgehead atoms. The summed E-state index contributed by atoms with van der Waals surface area (Å²) in [7, 11) is 1.82. The van der Waals surface area contributed by atoms with Gasteiger partial charge >= 0.3 is 0 Å². The molecule has 0 aliphatic rings. The average Bonchev–Trinajstić information content (AvgIpc) is 3.02. The molecule has 0 saturated carbocycles. The van der Waals surface area contributed by atoms with Gasteiger partial charge in [-0.25, -0.2) is 0 Å². The van der Waals surface area contributed by atoms with Crippen LogP contribution in [0.1, 0.15) is 45.4 Å². The summed E-state index contributed by atoms with van der Waals surface area (Å²) in [4.78, 5) is 14.6. The van der Waals surface area contributed by atoms with Gasteiger partial charge in [0.25, 0.3) is 5.91 Å². The molecule has 158 valence electrons. The van der Waals surface area contributed by atoms with Crippen molar-refractivity contribution in [2.75, 3.05) is 7.05 Å². The molecule has 0 N–H and O–H groups in total. The van der Waals surface area contributed by atoms with Gasteiger partial charge in [0.05, 0.1) is 5.69 Å². The lowest BCUT2D eigenvalue weighted by molar-refractivity contribution is 0.0784. The normalized spacial score (nSPS) is 10.9. The van der Waals surface area contributed by atoms with Gasteiger partial charge in [-0.15, -0.1) is 0 Å². The Morgan fingerprint density at radius 1 is 1.13 bits per heavy atom. The van der Waals surface area contributed by atoms with Gasteiger partial charge in [-0.3, -0.25) is 9.48 Å². The van der Waals surface area contributed by atoms with Gasteiger partial charge in [0.15, 0.2) is 0 Å². The van der Waals surface area contributed by atoms with Gasteiger partial charge in [-0.2, -0.15) is 5.10 Å². The minimum atomic E-state index is -0.0150. The van der Waals surface area contributed by atoms with Crippen molar-refractivity contribution in [3.05, 3.63) is 81.1 Å². The second-order valence-corrected chi connectivity index (χ2v) is 7.93. The molecular formula is C24H28ClN3O2. The Labute approximate surface area is 183 Å². The minimum absolute atomic E-state index is 0.0150. The molecule has 0 fully saturated rings. The highest BCUT2D eigenvalue weighted by molar-refractivity contribution is 6.31. The van der Waals surface area contributed by atoms with Gasteiger partial charge in [0.2, 0.25) is 0 Å². The van der Waals surface area contributed by atoms with Gasteiger partial charge < -0.3 is 9.64 Å². The molecule has 1 aromatic heterocycles. The van der Waals surface area contributed by atoms with Crippen LogP contribution in [0.15, 0.2) is 42.5 Å². The Morgan fingerprint density at radius 2 is 1.83 bits per heavy atom. The van der Waals surface area contributed by atoms with Gasteiger partial charge in [-0.05, 0) is 69.2 Å². The molecule has 0 saturated heterocycles. The predicted molar refractivity (Wildman–Crippen MR) is 120 cm³/mol. The molecule has 0 aliphatic carbocycles. The predicted octanol–water partition coefficient (Wildman–Crippen LogP) is 5.33. The van der Waals surface area contributed by atoms with Crippen LogP contribution in [0.3, 0.4) is 0 Å². The third-order valence-corrected chi connectivity index (χ3v) is 5.73. The van der Waals surface area contributed by atoms with Crippen LogP contribution < -0.4 is 4.74 Å². The van der Waals surface area contributed by atoms with E-state index in [9.17, 15) is 4.79 Å². The third-order valence-electron chi connectivity index (χ3n) is 5.31. The number of benzene rings is 2. The summed E-state index contributed by atoms with van der Waals surface area (Å²) in [6.45, 7) is 9.85. The van der Waals surface area contributed by atoms with Crippen molar-refractivity contribution in [2.24, 2.45) is 0 Å². The van der Waals surface area contributed by atoms with Crippen LogP contribution in [0.4, 0.5) is 0 Å². The number of carbonyl (C=O) groups excluding carboxylic acids is 1. The number of nitrogens with zero attached hydrogens (tertiary/aromatic N) is 3. The highest BCUT2D eigenvalue weighted by atomic mass is 35.5. The molecule has 0 unspecified atom stereocenters. The zero-order chi connectivity index (χ0) is 21.8. The monoisotopic (exact) mass is 425 g/mol. The quantitative estimate of drug-likeness (QED) is 0.513. The summed E-state index contributed by atoms with van der Waals surface area (Å²) in [5.41, 5.74) is 5.82. The van der Waals surface area contributed by atoms with Crippen molar-refractivity contribution in [1.29, 1.82) is 0 Å². The number of carbonyl (C=O) groups is 1. The van der Waals surface area contributed by atoms with E-state index >= 15 is 0 Å². The molecule has 3 aromatic rings. The number of hydrogen-bond acceptors (Lipinski definition) is 3. The lowest BCUT2D eigenvalue weighted by Crippen LogP contribution is -2.26. The van der Waals surface area contributed by atoms with E-state index in [0.717, 1.165) is 45.4 Å². The minimum Gasteiger partial charge on any atom is -0.489 e. The highest BCUT2D eigenvalue weighted by Gasteiger charge is 2.17. The zero-order valence-corrected chi connectivity index (χ0v) is 19.0. The first-order chi connectivity index (χ1) is 14.3. The Bertz CT molecular complexity index is 1040. The number of rotatable bonds is 7. The van der Waals surface area contributed by atoms with E-state index in [4.69, 9.17) is 16.3 Å². The van der Waals surface area contributed by atoms with Crippen molar-refractivity contribution in [1.82, 2.24) is 14.7 Å². The summed E-state index contributed by atoms with van der Waals surface area (Å²) in [5.74, 6) is 0.758. The van der Waals surface area contributed by atoms with Gasteiger partial charge in [-0.1, -0.05) is 23.7 Å². The van der Waals surface area contributed by atoms with E-state index in [2.05, 4.69) is 12.0 Å². The third kappa shape index (κ3) is 4.85. The lowest BCUT2D eigenvalue weighted by atomic mass is 10.1. The first kappa shape index (κ1) is 21.9. The Balaban J connectivity index is 1.63. The van der Waals surface area contributed by atoms with Crippen LogP contribution >= 0.6 is 11.6 Å². The van der Waals surface area contributed by atoms with Crippen molar-refractivity contribution >= 4 is 17.5 Å². The first-order valence-corrected chi connectivity index (χ1v) is 10.4. The smallest absolute Gasteiger partial charge is 0.253 e. The van der Waals surface area contributed by atoms with Crippen LogP contribution in [0, 0.1) is 20.8 Å². The van der Waals surface area contributed by atoms with Crippen LogP contribution in [0.5, 0.6) is 5.75 Å².